The van der Waals surface area contributed by atoms with Gasteiger partial charge in [0.1, 0.15) is 5.75 Å². The van der Waals surface area contributed by atoms with Crippen LogP contribution in [0.15, 0.2) is 18.2 Å². The number of phenols is 1. The highest BCUT2D eigenvalue weighted by Crippen LogP contribution is 2.27. The van der Waals surface area contributed by atoms with Crippen LogP contribution in [0.3, 0.4) is 0 Å². The van der Waals surface area contributed by atoms with Gasteiger partial charge < -0.3 is 15.3 Å². The molecule has 5 nitrogen and oxygen atoms in total. The second-order valence-corrected chi connectivity index (χ2v) is 8.69. The zero-order valence-electron chi connectivity index (χ0n) is 16.5. The van der Waals surface area contributed by atoms with Crippen LogP contribution in [0.4, 0.5) is 0 Å². The van der Waals surface area contributed by atoms with E-state index in [9.17, 15) is 9.90 Å². The van der Waals surface area contributed by atoms with Crippen molar-refractivity contribution >= 4 is 17.5 Å². The van der Waals surface area contributed by atoms with Gasteiger partial charge in [0, 0.05) is 35.1 Å². The number of phenolic OH excluding ortho intramolecular Hbond substituents is 1. The number of halogens is 1. The predicted octanol–water partition coefficient (Wildman–Crippen LogP) is 3.25. The fraction of sp³-hybridized carbons (Fsp3) is 0.667. The minimum Gasteiger partial charge on any atom is -0.508 e. The van der Waals surface area contributed by atoms with E-state index in [0.717, 1.165) is 64.0 Å². The van der Waals surface area contributed by atoms with Crippen molar-refractivity contribution in [2.75, 3.05) is 26.2 Å². The number of nitrogens with zero attached hydrogens (tertiary/aromatic N) is 2. The van der Waals surface area contributed by atoms with E-state index < -0.39 is 0 Å². The lowest BCUT2D eigenvalue weighted by Gasteiger charge is -2.41. The molecule has 0 atom stereocenters. The Morgan fingerprint density at radius 2 is 1.85 bits per heavy atom. The molecule has 2 saturated heterocycles. The summed E-state index contributed by atoms with van der Waals surface area (Å²) in [6.07, 6.45) is 4.22. The Labute approximate surface area is 167 Å². The first-order chi connectivity index (χ1) is 12.9. The molecule has 0 unspecified atom stereocenters. The zero-order valence-corrected chi connectivity index (χ0v) is 17.2. The largest absolute Gasteiger partial charge is 0.508 e. The Bertz CT molecular complexity index is 636. The minimum atomic E-state index is 0.176. The van der Waals surface area contributed by atoms with E-state index in [1.807, 2.05) is 19.9 Å². The second-order valence-electron chi connectivity index (χ2n) is 8.25. The van der Waals surface area contributed by atoms with E-state index >= 15 is 0 Å². The van der Waals surface area contributed by atoms with Gasteiger partial charge >= 0.3 is 0 Å². The lowest BCUT2D eigenvalue weighted by atomic mass is 9.92. The Morgan fingerprint density at radius 3 is 2.48 bits per heavy atom. The summed E-state index contributed by atoms with van der Waals surface area (Å²) in [7, 11) is 0. The van der Waals surface area contributed by atoms with Crippen LogP contribution in [-0.2, 0) is 11.3 Å². The summed E-state index contributed by atoms with van der Waals surface area (Å²) in [6.45, 7) is 8.89. The standard InChI is InChI=1S/C21H32ClN3O2/c1-15(2)23-21(27)16-5-11-25(12-6-16)19-7-9-24(10-8-19)14-17-13-18(22)3-4-20(17)26/h3-4,13,15-16,19,26H,5-12,14H2,1-2H3,(H,23,27). The van der Waals surface area contributed by atoms with Crippen LogP contribution >= 0.6 is 11.6 Å². The van der Waals surface area contributed by atoms with Gasteiger partial charge in [-0.05, 0) is 83.9 Å². The summed E-state index contributed by atoms with van der Waals surface area (Å²) >= 11 is 6.06. The first kappa shape index (κ1) is 20.4. The van der Waals surface area contributed by atoms with Crippen molar-refractivity contribution in [2.45, 2.75) is 58.2 Å². The molecule has 27 heavy (non-hydrogen) atoms. The molecule has 1 aromatic rings. The first-order valence-corrected chi connectivity index (χ1v) is 10.5. The molecular weight excluding hydrogens is 362 g/mol. The van der Waals surface area contributed by atoms with Gasteiger partial charge in [-0.3, -0.25) is 9.69 Å². The number of benzene rings is 1. The molecule has 150 valence electrons. The highest BCUT2D eigenvalue weighted by molar-refractivity contribution is 6.30. The third-order valence-electron chi connectivity index (χ3n) is 5.84. The minimum absolute atomic E-state index is 0.176. The van der Waals surface area contributed by atoms with Crippen molar-refractivity contribution in [3.63, 3.8) is 0 Å². The number of nitrogens with one attached hydrogen (secondary N) is 1. The highest BCUT2D eigenvalue weighted by atomic mass is 35.5. The van der Waals surface area contributed by atoms with Crippen molar-refractivity contribution in [1.29, 1.82) is 0 Å². The van der Waals surface area contributed by atoms with Gasteiger partial charge in [-0.2, -0.15) is 0 Å². The predicted molar refractivity (Wildman–Crippen MR) is 109 cm³/mol. The van der Waals surface area contributed by atoms with Crippen LogP contribution in [0.2, 0.25) is 5.02 Å². The Hall–Kier alpha value is -1.30. The number of carbonyl (C=O) groups is 1. The van der Waals surface area contributed by atoms with Gasteiger partial charge in [-0.1, -0.05) is 11.6 Å². The maximum Gasteiger partial charge on any atom is 0.223 e. The van der Waals surface area contributed by atoms with E-state index in [1.54, 1.807) is 12.1 Å². The number of hydrogen-bond acceptors (Lipinski definition) is 4. The summed E-state index contributed by atoms with van der Waals surface area (Å²) in [5.41, 5.74) is 0.901. The summed E-state index contributed by atoms with van der Waals surface area (Å²) in [5.74, 6) is 0.721. The Kier molecular flexibility index (Phi) is 7.01. The average Bonchev–Trinajstić information content (AvgIpc) is 2.65. The molecule has 0 radical (unpaired) electrons. The SMILES string of the molecule is CC(C)NC(=O)C1CCN(C2CCN(Cc3cc(Cl)ccc3O)CC2)CC1. The fourth-order valence-corrected chi connectivity index (χ4v) is 4.49. The molecule has 2 heterocycles. The monoisotopic (exact) mass is 393 g/mol. The molecule has 0 bridgehead atoms. The maximum absolute atomic E-state index is 12.2. The molecule has 0 spiro atoms. The number of rotatable bonds is 5. The number of piperidine rings is 2. The topological polar surface area (TPSA) is 55.8 Å². The van der Waals surface area contributed by atoms with Gasteiger partial charge in [0.05, 0.1) is 0 Å². The Morgan fingerprint density at radius 1 is 1.19 bits per heavy atom. The molecule has 0 aromatic heterocycles. The van der Waals surface area contributed by atoms with Crippen molar-refractivity contribution in [3.05, 3.63) is 28.8 Å². The third kappa shape index (κ3) is 5.59. The summed E-state index contributed by atoms with van der Waals surface area (Å²) in [6, 6.07) is 6.08. The van der Waals surface area contributed by atoms with Gasteiger partial charge in [-0.25, -0.2) is 0 Å². The molecule has 0 aliphatic carbocycles. The van der Waals surface area contributed by atoms with Gasteiger partial charge in [-0.15, -0.1) is 0 Å². The smallest absolute Gasteiger partial charge is 0.223 e. The number of hydrogen-bond donors (Lipinski definition) is 2. The van der Waals surface area contributed by atoms with Crippen LogP contribution in [0.5, 0.6) is 5.75 Å². The average molecular weight is 394 g/mol. The van der Waals surface area contributed by atoms with Crippen molar-refractivity contribution < 1.29 is 9.90 Å². The normalized spacial score (nSPS) is 20.9. The first-order valence-electron chi connectivity index (χ1n) is 10.2. The molecule has 6 heteroatoms. The second kappa shape index (κ2) is 9.26. The Balaban J connectivity index is 1.43. The number of aromatic hydroxyl groups is 1. The highest BCUT2D eigenvalue weighted by Gasteiger charge is 2.30. The molecule has 2 aliphatic rings. The van der Waals surface area contributed by atoms with Crippen LogP contribution in [0, 0.1) is 5.92 Å². The molecule has 2 N–H and O–H groups in total. The molecule has 2 fully saturated rings. The quantitative estimate of drug-likeness (QED) is 0.806. The van der Waals surface area contributed by atoms with E-state index in [-0.39, 0.29) is 17.9 Å². The lowest BCUT2D eigenvalue weighted by molar-refractivity contribution is -0.127. The van der Waals surface area contributed by atoms with E-state index in [2.05, 4.69) is 15.1 Å². The van der Waals surface area contributed by atoms with E-state index in [0.29, 0.717) is 16.8 Å². The maximum atomic E-state index is 12.2. The molecule has 1 amide bonds. The third-order valence-corrected chi connectivity index (χ3v) is 6.08. The lowest BCUT2D eigenvalue weighted by Crippen LogP contribution is -2.49. The number of likely N-dealkylation sites (tertiary alicyclic amines) is 2. The van der Waals surface area contributed by atoms with Crippen molar-refractivity contribution in [2.24, 2.45) is 5.92 Å². The number of amides is 1. The van der Waals surface area contributed by atoms with E-state index in [4.69, 9.17) is 11.6 Å². The molecule has 3 rings (SSSR count). The molecule has 2 aliphatic heterocycles. The van der Waals surface area contributed by atoms with Crippen molar-refractivity contribution in [3.8, 4) is 5.75 Å². The summed E-state index contributed by atoms with van der Waals surface area (Å²) in [5, 5.41) is 13.7. The van der Waals surface area contributed by atoms with Crippen LogP contribution < -0.4 is 5.32 Å². The number of carbonyl (C=O) groups excluding carboxylic acids is 1. The van der Waals surface area contributed by atoms with Crippen LogP contribution in [-0.4, -0.2) is 59.1 Å². The molecular formula is C21H32ClN3O2. The van der Waals surface area contributed by atoms with E-state index in [1.165, 1.54) is 0 Å². The summed E-state index contributed by atoms with van der Waals surface area (Å²) in [4.78, 5) is 17.2. The molecule has 0 saturated carbocycles. The van der Waals surface area contributed by atoms with Gasteiger partial charge in [0.25, 0.3) is 0 Å². The summed E-state index contributed by atoms with van der Waals surface area (Å²) < 4.78 is 0. The van der Waals surface area contributed by atoms with Crippen molar-refractivity contribution in [1.82, 2.24) is 15.1 Å². The van der Waals surface area contributed by atoms with Gasteiger partial charge in [0.2, 0.25) is 5.91 Å². The fourth-order valence-electron chi connectivity index (χ4n) is 4.29. The zero-order chi connectivity index (χ0) is 19.4. The van der Waals surface area contributed by atoms with Crippen LogP contribution in [0.1, 0.15) is 45.1 Å². The van der Waals surface area contributed by atoms with Crippen LogP contribution in [0.25, 0.3) is 0 Å². The molecule has 1 aromatic carbocycles. The van der Waals surface area contributed by atoms with Gasteiger partial charge in [0.15, 0.2) is 0 Å².